The number of benzene rings is 2. The van der Waals surface area contributed by atoms with Crippen LogP contribution in [0.25, 0.3) is 0 Å². The maximum atomic E-state index is 14.1. The van der Waals surface area contributed by atoms with Gasteiger partial charge in [0.05, 0.1) is 0 Å². The summed E-state index contributed by atoms with van der Waals surface area (Å²) >= 11 is 0. The third-order valence-electron chi connectivity index (χ3n) is 4.58. The van der Waals surface area contributed by atoms with Gasteiger partial charge in [0, 0.05) is 30.9 Å². The summed E-state index contributed by atoms with van der Waals surface area (Å²) in [6.45, 7) is 0.298. The molecule has 150 valence electrons. The van der Waals surface area contributed by atoms with Crippen molar-refractivity contribution in [1.82, 2.24) is 9.62 Å². The van der Waals surface area contributed by atoms with E-state index in [-0.39, 0.29) is 13.1 Å². The number of nitrogens with zero attached hydrogens (tertiary/aromatic N) is 1. The minimum absolute atomic E-state index is 0.0840. The minimum atomic E-state index is -4.15. The number of rotatable bonds is 5. The molecule has 2 N–H and O–H groups in total. The number of hydrogen-bond donors (Lipinski definition) is 2. The number of carbonyl (C=O) groups is 1. The Bertz CT molecular complexity index is 939. The molecular formula is C19H21F2N3O3S. The van der Waals surface area contributed by atoms with Crippen molar-refractivity contribution in [2.75, 3.05) is 18.4 Å². The maximum absolute atomic E-state index is 14.1. The molecule has 1 atom stereocenters. The van der Waals surface area contributed by atoms with Crippen molar-refractivity contribution in [3.63, 3.8) is 0 Å². The summed E-state index contributed by atoms with van der Waals surface area (Å²) in [5.41, 5.74) is 0.613. The number of anilines is 1. The largest absolute Gasteiger partial charge is 0.336 e. The fourth-order valence-corrected chi connectivity index (χ4v) is 4.95. The van der Waals surface area contributed by atoms with Crippen LogP contribution in [0.3, 0.4) is 0 Å². The average Bonchev–Trinajstić information content (AvgIpc) is 2.67. The van der Waals surface area contributed by atoms with Crippen LogP contribution in [0.2, 0.25) is 0 Å². The van der Waals surface area contributed by atoms with Crippen LogP contribution in [0.1, 0.15) is 19.3 Å². The van der Waals surface area contributed by atoms with Crippen LogP contribution in [0, 0.1) is 11.6 Å². The molecule has 2 amide bonds. The van der Waals surface area contributed by atoms with E-state index >= 15 is 0 Å². The van der Waals surface area contributed by atoms with Crippen molar-refractivity contribution in [2.45, 2.75) is 30.2 Å². The van der Waals surface area contributed by atoms with Crippen LogP contribution in [0.15, 0.2) is 53.4 Å². The lowest BCUT2D eigenvalue weighted by Gasteiger charge is -2.34. The number of piperidine rings is 1. The van der Waals surface area contributed by atoms with Crippen LogP contribution >= 0.6 is 0 Å². The van der Waals surface area contributed by atoms with Crippen molar-refractivity contribution in [1.29, 1.82) is 0 Å². The highest BCUT2D eigenvalue weighted by molar-refractivity contribution is 7.89. The highest BCUT2D eigenvalue weighted by Gasteiger charge is 2.35. The molecule has 1 heterocycles. The first-order valence-corrected chi connectivity index (χ1v) is 10.4. The predicted octanol–water partition coefficient (Wildman–Crippen LogP) is 3.33. The van der Waals surface area contributed by atoms with E-state index in [2.05, 4.69) is 10.6 Å². The predicted molar refractivity (Wildman–Crippen MR) is 101 cm³/mol. The summed E-state index contributed by atoms with van der Waals surface area (Å²) < 4.78 is 54.2. The molecule has 0 bridgehead atoms. The van der Waals surface area contributed by atoms with Crippen molar-refractivity contribution >= 4 is 21.7 Å². The fraction of sp³-hybridized carbons (Fsp3) is 0.316. The Morgan fingerprint density at radius 2 is 1.86 bits per heavy atom. The number of halogens is 2. The van der Waals surface area contributed by atoms with Gasteiger partial charge in [0.25, 0.3) is 0 Å². The zero-order chi connectivity index (χ0) is 20.1. The second-order valence-electron chi connectivity index (χ2n) is 6.54. The zero-order valence-corrected chi connectivity index (χ0v) is 15.9. The number of amides is 2. The van der Waals surface area contributed by atoms with Crippen LogP contribution in [0.4, 0.5) is 19.3 Å². The minimum Gasteiger partial charge on any atom is -0.336 e. The normalized spacial score (nSPS) is 17.9. The molecule has 28 heavy (non-hydrogen) atoms. The van der Waals surface area contributed by atoms with E-state index in [1.54, 1.807) is 24.3 Å². The summed E-state index contributed by atoms with van der Waals surface area (Å²) in [6, 6.07) is 10.3. The lowest BCUT2D eigenvalue weighted by Crippen LogP contribution is -2.50. The fourth-order valence-electron chi connectivity index (χ4n) is 3.21. The highest BCUT2D eigenvalue weighted by Crippen LogP contribution is 2.27. The second kappa shape index (κ2) is 8.66. The Morgan fingerprint density at radius 3 is 2.57 bits per heavy atom. The number of hydrogen-bond acceptors (Lipinski definition) is 3. The Kier molecular flexibility index (Phi) is 6.25. The van der Waals surface area contributed by atoms with Crippen LogP contribution in [-0.4, -0.2) is 37.9 Å². The van der Waals surface area contributed by atoms with Crippen molar-refractivity contribution in [2.24, 2.45) is 0 Å². The molecule has 0 aromatic heterocycles. The molecule has 0 spiro atoms. The third kappa shape index (κ3) is 4.66. The SMILES string of the molecule is O=C(NCC1CCCCN1S(=O)(=O)c1ccc(F)cc1F)Nc1ccccc1. The summed E-state index contributed by atoms with van der Waals surface area (Å²) in [5, 5.41) is 5.33. The van der Waals surface area contributed by atoms with Crippen LogP contribution in [-0.2, 0) is 10.0 Å². The van der Waals surface area contributed by atoms with Gasteiger partial charge in [-0.05, 0) is 37.1 Å². The number of urea groups is 1. The van der Waals surface area contributed by atoms with E-state index < -0.39 is 38.6 Å². The molecule has 2 aromatic rings. The third-order valence-corrected chi connectivity index (χ3v) is 6.57. The Balaban J connectivity index is 1.70. The quantitative estimate of drug-likeness (QED) is 0.795. The van der Waals surface area contributed by atoms with Gasteiger partial charge in [-0.1, -0.05) is 24.6 Å². The number of sulfonamides is 1. The maximum Gasteiger partial charge on any atom is 0.319 e. The molecule has 1 saturated heterocycles. The van der Waals surface area contributed by atoms with Gasteiger partial charge in [0.1, 0.15) is 16.5 Å². The molecule has 2 aromatic carbocycles. The van der Waals surface area contributed by atoms with E-state index in [4.69, 9.17) is 0 Å². The number of carbonyl (C=O) groups excluding carboxylic acids is 1. The molecule has 1 fully saturated rings. The molecule has 1 unspecified atom stereocenters. The molecule has 0 aliphatic carbocycles. The Labute approximate surface area is 162 Å². The summed E-state index contributed by atoms with van der Waals surface area (Å²) in [7, 11) is -4.15. The standard InChI is InChI=1S/C19H21F2N3O3S/c20-14-9-10-18(17(21)12-14)28(26,27)24-11-5-4-8-16(24)13-22-19(25)23-15-6-2-1-3-7-15/h1-3,6-7,9-10,12,16H,4-5,8,11,13H2,(H2,22,23,25). The highest BCUT2D eigenvalue weighted by atomic mass is 32.2. The zero-order valence-electron chi connectivity index (χ0n) is 15.1. The van der Waals surface area contributed by atoms with E-state index in [9.17, 15) is 22.0 Å². The first-order chi connectivity index (χ1) is 13.4. The molecular weight excluding hydrogens is 388 g/mol. The topological polar surface area (TPSA) is 78.5 Å². The second-order valence-corrected chi connectivity index (χ2v) is 8.40. The van der Waals surface area contributed by atoms with Crippen LogP contribution < -0.4 is 10.6 Å². The monoisotopic (exact) mass is 409 g/mol. The lowest BCUT2D eigenvalue weighted by atomic mass is 10.1. The summed E-state index contributed by atoms with van der Waals surface area (Å²) in [5.74, 6) is -1.97. The van der Waals surface area contributed by atoms with Crippen molar-refractivity contribution in [3.8, 4) is 0 Å². The van der Waals surface area contributed by atoms with Crippen LogP contribution in [0.5, 0.6) is 0 Å². The molecule has 3 rings (SSSR count). The molecule has 1 aliphatic heterocycles. The number of para-hydroxylation sites is 1. The Hall–Kier alpha value is -2.52. The van der Waals surface area contributed by atoms with E-state index in [0.29, 0.717) is 24.6 Å². The van der Waals surface area contributed by atoms with E-state index in [1.165, 1.54) is 4.31 Å². The smallest absolute Gasteiger partial charge is 0.319 e. The van der Waals surface area contributed by atoms with Crippen molar-refractivity contribution < 1.29 is 22.0 Å². The molecule has 9 heteroatoms. The van der Waals surface area contributed by atoms with Gasteiger partial charge >= 0.3 is 6.03 Å². The lowest BCUT2D eigenvalue weighted by molar-refractivity contribution is 0.231. The summed E-state index contributed by atoms with van der Waals surface area (Å²) in [4.78, 5) is 11.5. The average molecular weight is 409 g/mol. The van der Waals surface area contributed by atoms with Gasteiger partial charge in [0.2, 0.25) is 10.0 Å². The first kappa shape index (κ1) is 20.2. The molecule has 0 saturated carbocycles. The van der Waals surface area contributed by atoms with Gasteiger partial charge in [-0.15, -0.1) is 0 Å². The van der Waals surface area contributed by atoms with Gasteiger partial charge in [-0.2, -0.15) is 4.31 Å². The number of nitrogens with one attached hydrogen (secondary N) is 2. The summed E-state index contributed by atoms with van der Waals surface area (Å²) in [6.07, 6.45) is 1.97. The van der Waals surface area contributed by atoms with Crippen molar-refractivity contribution in [3.05, 3.63) is 60.2 Å². The molecule has 1 aliphatic rings. The molecule has 0 radical (unpaired) electrons. The first-order valence-electron chi connectivity index (χ1n) is 8.95. The molecule has 6 nitrogen and oxygen atoms in total. The Morgan fingerprint density at radius 1 is 1.11 bits per heavy atom. The van der Waals surface area contributed by atoms with Gasteiger partial charge in [0.15, 0.2) is 0 Å². The van der Waals surface area contributed by atoms with Gasteiger partial charge in [-0.25, -0.2) is 22.0 Å². The van der Waals surface area contributed by atoms with Gasteiger partial charge in [-0.3, -0.25) is 0 Å². The van der Waals surface area contributed by atoms with E-state index in [1.807, 2.05) is 6.07 Å². The van der Waals surface area contributed by atoms with E-state index in [0.717, 1.165) is 18.6 Å². The van der Waals surface area contributed by atoms with Gasteiger partial charge < -0.3 is 10.6 Å².